The van der Waals surface area contributed by atoms with E-state index in [4.69, 9.17) is 14.2 Å². The van der Waals surface area contributed by atoms with Crippen LogP contribution >= 0.6 is 0 Å². The van der Waals surface area contributed by atoms with Crippen LogP contribution in [-0.2, 0) is 19.0 Å². The van der Waals surface area contributed by atoms with Crippen LogP contribution in [0.3, 0.4) is 0 Å². The lowest BCUT2D eigenvalue weighted by Gasteiger charge is -2.31. The number of epoxide rings is 1. The van der Waals surface area contributed by atoms with Crippen molar-refractivity contribution in [2.45, 2.75) is 56.4 Å². The summed E-state index contributed by atoms with van der Waals surface area (Å²) in [4.78, 5) is 12.1. The van der Waals surface area contributed by atoms with E-state index in [-0.39, 0.29) is 13.0 Å². The minimum atomic E-state index is -1.30. The summed E-state index contributed by atoms with van der Waals surface area (Å²) >= 11 is 0. The molecule has 7 heteroatoms. The van der Waals surface area contributed by atoms with Gasteiger partial charge in [-0.05, 0) is 25.5 Å². The summed E-state index contributed by atoms with van der Waals surface area (Å²) in [6.07, 6.45) is -1.81. The Labute approximate surface area is 134 Å². The first-order valence-corrected chi connectivity index (χ1v) is 7.88. The van der Waals surface area contributed by atoms with E-state index in [0.717, 1.165) is 0 Å². The van der Waals surface area contributed by atoms with E-state index in [9.17, 15) is 20.1 Å². The smallest absolute Gasteiger partial charge is 0.312 e. The Bertz CT molecular complexity index is 515. The number of aliphatic hydroxyl groups is 3. The van der Waals surface area contributed by atoms with E-state index in [2.05, 4.69) is 0 Å². The van der Waals surface area contributed by atoms with Crippen molar-refractivity contribution < 1.29 is 34.3 Å². The third kappa shape index (κ3) is 2.92. The van der Waals surface area contributed by atoms with Gasteiger partial charge in [-0.2, -0.15) is 0 Å². The van der Waals surface area contributed by atoms with Gasteiger partial charge in [0.15, 0.2) is 0 Å². The van der Waals surface area contributed by atoms with Crippen molar-refractivity contribution in [3.05, 3.63) is 11.6 Å². The number of fused-ring (bicyclic) bond motifs is 2. The number of carbonyl (C=O) groups excluding carboxylic acids is 1. The van der Waals surface area contributed by atoms with Gasteiger partial charge in [-0.3, -0.25) is 4.79 Å². The van der Waals surface area contributed by atoms with Gasteiger partial charge in [0, 0.05) is 19.4 Å². The van der Waals surface area contributed by atoms with Crippen molar-refractivity contribution in [1.29, 1.82) is 0 Å². The lowest BCUT2D eigenvalue weighted by atomic mass is 9.78. The molecule has 0 radical (unpaired) electrons. The Hall–Kier alpha value is -0.990. The maximum absolute atomic E-state index is 12.1. The number of ether oxygens (including phenoxy) is 3. The molecular formula is C16H24O7. The third-order valence-corrected chi connectivity index (χ3v) is 5.16. The normalized spacial score (nSPS) is 52.0. The highest BCUT2D eigenvalue weighted by Crippen LogP contribution is 2.43. The zero-order chi connectivity index (χ0) is 16.9. The van der Waals surface area contributed by atoms with E-state index in [1.165, 1.54) is 7.11 Å². The minimum absolute atomic E-state index is 0.0335. The number of methoxy groups -OCH3 is 1. The molecule has 7 nitrogen and oxygen atoms in total. The molecule has 0 bridgehead atoms. The molecule has 2 heterocycles. The van der Waals surface area contributed by atoms with Crippen molar-refractivity contribution in [3.8, 4) is 0 Å². The number of rotatable bonds is 2. The molecule has 0 saturated carbocycles. The van der Waals surface area contributed by atoms with Gasteiger partial charge in [0.05, 0.1) is 24.2 Å². The van der Waals surface area contributed by atoms with Crippen LogP contribution in [0.1, 0.15) is 20.3 Å². The van der Waals surface area contributed by atoms with Gasteiger partial charge in [0.25, 0.3) is 0 Å². The van der Waals surface area contributed by atoms with Crippen LogP contribution in [0.2, 0.25) is 0 Å². The van der Waals surface area contributed by atoms with Crippen molar-refractivity contribution in [1.82, 2.24) is 0 Å². The summed E-state index contributed by atoms with van der Waals surface area (Å²) in [6, 6.07) is 0. The molecule has 0 amide bonds. The Morgan fingerprint density at radius 2 is 2.13 bits per heavy atom. The predicted molar refractivity (Wildman–Crippen MR) is 78.4 cm³/mol. The largest absolute Gasteiger partial charge is 0.457 e. The van der Waals surface area contributed by atoms with Crippen molar-refractivity contribution >= 4 is 5.97 Å². The van der Waals surface area contributed by atoms with Crippen LogP contribution in [0.15, 0.2) is 11.6 Å². The van der Waals surface area contributed by atoms with E-state index >= 15 is 0 Å². The van der Waals surface area contributed by atoms with Crippen LogP contribution in [0, 0.1) is 11.8 Å². The Balaban J connectivity index is 1.96. The highest BCUT2D eigenvalue weighted by molar-refractivity contribution is 5.76. The standard InChI is InChI=1S/C16H24O7/c1-7-4-10-11(8(6-21-3)15(19)22-10)9(17)5-16(2,20)14-13(23-14)12(7)18/h4,8-14,17-18,20H,5-6H2,1-3H3/b7-4-/t8?,9-,10+,11+,12+,13+,14-,16+/m0/s1. The fourth-order valence-corrected chi connectivity index (χ4v) is 3.83. The van der Waals surface area contributed by atoms with Gasteiger partial charge in [-0.1, -0.05) is 0 Å². The fraction of sp³-hybridized carbons (Fsp3) is 0.812. The molecule has 1 aliphatic carbocycles. The number of hydrogen-bond donors (Lipinski definition) is 3. The summed E-state index contributed by atoms with van der Waals surface area (Å²) in [6.45, 7) is 3.43. The lowest BCUT2D eigenvalue weighted by molar-refractivity contribution is -0.144. The Kier molecular flexibility index (Phi) is 4.27. The first-order chi connectivity index (χ1) is 10.8. The Morgan fingerprint density at radius 3 is 2.78 bits per heavy atom. The molecule has 0 aromatic heterocycles. The van der Waals surface area contributed by atoms with E-state index in [0.29, 0.717) is 5.57 Å². The molecule has 2 fully saturated rings. The second kappa shape index (κ2) is 5.82. The van der Waals surface area contributed by atoms with Gasteiger partial charge >= 0.3 is 5.97 Å². The fourth-order valence-electron chi connectivity index (χ4n) is 3.83. The second-order valence-corrected chi connectivity index (χ2v) is 7.05. The summed E-state index contributed by atoms with van der Waals surface area (Å²) in [5.74, 6) is -1.57. The van der Waals surface area contributed by atoms with Gasteiger partial charge in [-0.15, -0.1) is 0 Å². The number of aliphatic hydroxyl groups excluding tert-OH is 2. The SMILES string of the molecule is COCC1C(=O)O[C@@H]2/C=C(/C)[C@@H](O)[C@H]3O[C@@H]3[C@](C)(O)C[C@H](O)[C@@H]12. The number of carbonyl (C=O) groups is 1. The van der Waals surface area contributed by atoms with Crippen molar-refractivity contribution in [2.24, 2.45) is 11.8 Å². The molecule has 0 spiro atoms. The quantitative estimate of drug-likeness (QED) is 0.352. The van der Waals surface area contributed by atoms with E-state index in [1.807, 2.05) is 0 Å². The van der Waals surface area contributed by atoms with E-state index in [1.54, 1.807) is 19.9 Å². The summed E-state index contributed by atoms with van der Waals surface area (Å²) in [7, 11) is 1.48. The molecule has 3 N–H and O–H groups in total. The molecule has 0 aromatic rings. The van der Waals surface area contributed by atoms with Gasteiger partial charge in [-0.25, -0.2) is 0 Å². The topological polar surface area (TPSA) is 109 Å². The van der Waals surface area contributed by atoms with Crippen LogP contribution in [0.25, 0.3) is 0 Å². The summed E-state index contributed by atoms with van der Waals surface area (Å²) < 4.78 is 15.9. The Morgan fingerprint density at radius 1 is 1.43 bits per heavy atom. The minimum Gasteiger partial charge on any atom is -0.457 e. The summed E-state index contributed by atoms with van der Waals surface area (Å²) in [5.41, 5.74) is -0.695. The monoisotopic (exact) mass is 328 g/mol. The second-order valence-electron chi connectivity index (χ2n) is 7.05. The molecule has 8 atom stereocenters. The molecule has 130 valence electrons. The first kappa shape index (κ1) is 16.9. The van der Waals surface area contributed by atoms with Crippen LogP contribution < -0.4 is 0 Å². The molecule has 23 heavy (non-hydrogen) atoms. The highest BCUT2D eigenvalue weighted by Gasteiger charge is 2.58. The zero-order valence-corrected chi connectivity index (χ0v) is 13.5. The number of esters is 1. The zero-order valence-electron chi connectivity index (χ0n) is 13.5. The summed E-state index contributed by atoms with van der Waals surface area (Å²) in [5, 5.41) is 31.6. The lowest BCUT2D eigenvalue weighted by Crippen LogP contribution is -2.44. The number of hydrogen-bond acceptors (Lipinski definition) is 7. The first-order valence-electron chi connectivity index (χ1n) is 7.88. The molecular weight excluding hydrogens is 304 g/mol. The van der Waals surface area contributed by atoms with Crippen LogP contribution in [0.4, 0.5) is 0 Å². The van der Waals surface area contributed by atoms with Gasteiger partial charge in [0.1, 0.15) is 24.4 Å². The van der Waals surface area contributed by atoms with Crippen LogP contribution in [-0.4, -0.2) is 71.1 Å². The van der Waals surface area contributed by atoms with E-state index < -0.39 is 53.9 Å². The van der Waals surface area contributed by atoms with Gasteiger partial charge in [0.2, 0.25) is 0 Å². The molecule has 2 aliphatic heterocycles. The molecule has 1 unspecified atom stereocenters. The van der Waals surface area contributed by atoms with Crippen molar-refractivity contribution in [3.63, 3.8) is 0 Å². The average Bonchev–Trinajstić information content (AvgIpc) is 3.20. The molecule has 0 aromatic carbocycles. The third-order valence-electron chi connectivity index (χ3n) is 5.16. The van der Waals surface area contributed by atoms with Crippen molar-refractivity contribution in [2.75, 3.05) is 13.7 Å². The maximum Gasteiger partial charge on any atom is 0.312 e. The molecule has 3 rings (SSSR count). The van der Waals surface area contributed by atoms with Crippen LogP contribution in [0.5, 0.6) is 0 Å². The molecule has 3 aliphatic rings. The molecule has 2 saturated heterocycles. The predicted octanol–water partition coefficient (Wildman–Crippen LogP) is -0.619. The maximum atomic E-state index is 12.1. The average molecular weight is 328 g/mol. The van der Waals surface area contributed by atoms with Gasteiger partial charge < -0.3 is 29.5 Å². The highest BCUT2D eigenvalue weighted by atomic mass is 16.6.